The molecule has 0 bridgehead atoms. The van der Waals surface area contributed by atoms with Gasteiger partial charge in [0.2, 0.25) is 0 Å². The summed E-state index contributed by atoms with van der Waals surface area (Å²) in [6.45, 7) is 0. The number of hydrogen-bond donors (Lipinski definition) is 2. The lowest BCUT2D eigenvalue weighted by Crippen LogP contribution is -2.12. The van der Waals surface area contributed by atoms with Gasteiger partial charge in [0.05, 0.1) is 4.90 Å². The molecule has 0 aliphatic heterocycles. The van der Waals surface area contributed by atoms with E-state index in [2.05, 4.69) is 10.3 Å². The van der Waals surface area contributed by atoms with Crippen LogP contribution in [0.1, 0.15) is 10.4 Å². The van der Waals surface area contributed by atoms with Crippen molar-refractivity contribution >= 4 is 21.7 Å². The number of aromatic nitrogens is 1. The minimum absolute atomic E-state index is 0.275. The summed E-state index contributed by atoms with van der Waals surface area (Å²) in [6.07, 6.45) is 2.95. The summed E-state index contributed by atoms with van der Waals surface area (Å²) in [5, 5.41) is 2.53. The number of carbonyl (C=O) groups is 1. The second-order valence-corrected chi connectivity index (χ2v) is 5.11. The molecule has 0 saturated carbocycles. The first-order chi connectivity index (χ1) is 8.97. The normalized spacial score (nSPS) is 11.0. The number of hydrogen-bond acceptors (Lipinski definition) is 4. The number of anilines is 1. The van der Waals surface area contributed by atoms with Crippen LogP contribution in [0.4, 0.5) is 5.69 Å². The van der Waals surface area contributed by atoms with Crippen molar-refractivity contribution in [2.75, 3.05) is 5.32 Å². The molecule has 0 saturated heterocycles. The Hall–Kier alpha value is -2.25. The Morgan fingerprint density at radius 3 is 2.47 bits per heavy atom. The fourth-order valence-corrected chi connectivity index (χ4v) is 1.97. The number of amides is 1. The molecule has 2 aromatic rings. The van der Waals surface area contributed by atoms with Gasteiger partial charge in [-0.15, -0.1) is 0 Å². The van der Waals surface area contributed by atoms with Gasteiger partial charge in [-0.1, -0.05) is 6.07 Å². The molecule has 98 valence electrons. The SMILES string of the molecule is O=C(Nc1cccc(S(=O)(=O)O)c1)c1ccncc1. The Morgan fingerprint density at radius 2 is 1.84 bits per heavy atom. The van der Waals surface area contributed by atoms with E-state index < -0.39 is 16.0 Å². The maximum atomic E-state index is 11.8. The summed E-state index contributed by atoms with van der Waals surface area (Å²) in [5.74, 6) is -0.394. The predicted molar refractivity (Wildman–Crippen MR) is 68.4 cm³/mol. The Bertz CT molecular complexity index is 699. The number of nitrogens with zero attached hydrogens (tertiary/aromatic N) is 1. The van der Waals surface area contributed by atoms with Crippen LogP contribution in [0.2, 0.25) is 0 Å². The summed E-state index contributed by atoms with van der Waals surface area (Å²) in [4.78, 5) is 15.3. The zero-order valence-corrected chi connectivity index (χ0v) is 10.5. The molecule has 2 N–H and O–H groups in total. The Morgan fingerprint density at radius 1 is 1.16 bits per heavy atom. The van der Waals surface area contributed by atoms with Gasteiger partial charge in [0.15, 0.2) is 0 Å². The lowest BCUT2D eigenvalue weighted by Gasteiger charge is -2.06. The number of nitrogens with one attached hydrogen (secondary N) is 1. The summed E-state index contributed by atoms with van der Waals surface area (Å²) in [6, 6.07) is 8.41. The smallest absolute Gasteiger partial charge is 0.294 e. The average Bonchev–Trinajstić information content (AvgIpc) is 2.39. The molecule has 0 unspecified atom stereocenters. The highest BCUT2D eigenvalue weighted by Gasteiger charge is 2.11. The fourth-order valence-electron chi connectivity index (χ4n) is 1.44. The van der Waals surface area contributed by atoms with E-state index in [0.29, 0.717) is 5.56 Å². The van der Waals surface area contributed by atoms with Crippen molar-refractivity contribution in [1.82, 2.24) is 4.98 Å². The van der Waals surface area contributed by atoms with E-state index in [9.17, 15) is 13.2 Å². The Kier molecular flexibility index (Phi) is 3.59. The van der Waals surface area contributed by atoms with E-state index >= 15 is 0 Å². The average molecular weight is 278 g/mol. The van der Waals surface area contributed by atoms with Gasteiger partial charge in [-0.3, -0.25) is 14.3 Å². The first-order valence-corrected chi connectivity index (χ1v) is 6.70. The van der Waals surface area contributed by atoms with Crippen molar-refractivity contribution in [3.8, 4) is 0 Å². The summed E-state index contributed by atoms with van der Waals surface area (Å²) in [7, 11) is -4.29. The highest BCUT2D eigenvalue weighted by atomic mass is 32.2. The Labute approximate surface area is 109 Å². The van der Waals surface area contributed by atoms with Gasteiger partial charge in [0.25, 0.3) is 16.0 Å². The number of benzene rings is 1. The Balaban J connectivity index is 2.23. The van der Waals surface area contributed by atoms with E-state index in [4.69, 9.17) is 4.55 Å². The van der Waals surface area contributed by atoms with Gasteiger partial charge in [-0.25, -0.2) is 0 Å². The summed E-state index contributed by atoms with van der Waals surface area (Å²) in [5.41, 5.74) is 0.671. The maximum absolute atomic E-state index is 11.8. The monoisotopic (exact) mass is 278 g/mol. The minimum atomic E-state index is -4.29. The third kappa shape index (κ3) is 3.36. The summed E-state index contributed by atoms with van der Waals surface area (Å²) < 4.78 is 30.9. The van der Waals surface area contributed by atoms with Crippen LogP contribution >= 0.6 is 0 Å². The van der Waals surface area contributed by atoms with Crippen molar-refractivity contribution in [1.29, 1.82) is 0 Å². The highest BCUT2D eigenvalue weighted by Crippen LogP contribution is 2.15. The number of rotatable bonds is 3. The third-order valence-electron chi connectivity index (χ3n) is 2.33. The van der Waals surface area contributed by atoms with Crippen molar-refractivity contribution in [2.45, 2.75) is 4.90 Å². The van der Waals surface area contributed by atoms with Crippen LogP contribution in [0.5, 0.6) is 0 Å². The van der Waals surface area contributed by atoms with Crippen LogP contribution in [-0.2, 0) is 10.1 Å². The van der Waals surface area contributed by atoms with Gasteiger partial charge in [-0.05, 0) is 30.3 Å². The maximum Gasteiger partial charge on any atom is 0.294 e. The minimum Gasteiger partial charge on any atom is -0.322 e. The molecule has 0 fully saturated rings. The molecule has 0 radical (unpaired) electrons. The molecule has 0 aliphatic rings. The van der Waals surface area contributed by atoms with E-state index in [1.54, 1.807) is 0 Å². The van der Waals surface area contributed by atoms with Crippen molar-refractivity contribution in [2.24, 2.45) is 0 Å². The predicted octanol–water partition coefficient (Wildman–Crippen LogP) is 1.58. The van der Waals surface area contributed by atoms with Gasteiger partial charge in [0, 0.05) is 23.6 Å². The second kappa shape index (κ2) is 5.17. The van der Waals surface area contributed by atoms with E-state index in [1.165, 1.54) is 48.8 Å². The topological polar surface area (TPSA) is 96.4 Å². The molecule has 2 rings (SSSR count). The molecule has 7 heteroatoms. The second-order valence-electron chi connectivity index (χ2n) is 3.69. The van der Waals surface area contributed by atoms with E-state index in [1.807, 2.05) is 0 Å². The van der Waals surface area contributed by atoms with Crippen molar-refractivity contribution < 1.29 is 17.8 Å². The quantitative estimate of drug-likeness (QED) is 0.831. The molecule has 1 heterocycles. The van der Waals surface area contributed by atoms with Gasteiger partial charge in [0.1, 0.15) is 0 Å². The molecule has 0 aliphatic carbocycles. The first kappa shape index (κ1) is 13.2. The molecule has 6 nitrogen and oxygen atoms in total. The molecular formula is C12H10N2O4S. The van der Waals surface area contributed by atoms with Crippen molar-refractivity contribution in [3.05, 3.63) is 54.4 Å². The molecule has 1 aromatic heterocycles. The molecule has 0 atom stereocenters. The molecule has 1 amide bonds. The third-order valence-corrected chi connectivity index (χ3v) is 3.18. The fraction of sp³-hybridized carbons (Fsp3) is 0. The van der Waals surface area contributed by atoms with Gasteiger partial charge >= 0.3 is 0 Å². The summed E-state index contributed by atoms with van der Waals surface area (Å²) >= 11 is 0. The van der Waals surface area contributed by atoms with Crippen molar-refractivity contribution in [3.63, 3.8) is 0 Å². The van der Waals surface area contributed by atoms with Crippen LogP contribution in [0, 0.1) is 0 Å². The van der Waals surface area contributed by atoms with Crippen LogP contribution in [-0.4, -0.2) is 23.9 Å². The standard InChI is InChI=1S/C12H10N2O4S/c15-12(9-4-6-13-7-5-9)14-10-2-1-3-11(8-10)19(16,17)18/h1-8H,(H,14,15)(H,16,17,18). The highest BCUT2D eigenvalue weighted by molar-refractivity contribution is 7.85. The molecular weight excluding hydrogens is 268 g/mol. The molecule has 0 spiro atoms. The first-order valence-electron chi connectivity index (χ1n) is 5.26. The lowest BCUT2D eigenvalue weighted by molar-refractivity contribution is 0.102. The number of pyridine rings is 1. The van der Waals surface area contributed by atoms with E-state index in [0.717, 1.165) is 0 Å². The largest absolute Gasteiger partial charge is 0.322 e. The van der Waals surface area contributed by atoms with Crippen LogP contribution in [0.25, 0.3) is 0 Å². The van der Waals surface area contributed by atoms with E-state index in [-0.39, 0.29) is 10.6 Å². The van der Waals surface area contributed by atoms with Gasteiger partial charge < -0.3 is 5.32 Å². The zero-order chi connectivity index (χ0) is 13.9. The zero-order valence-electron chi connectivity index (χ0n) is 9.65. The van der Waals surface area contributed by atoms with Gasteiger partial charge in [-0.2, -0.15) is 8.42 Å². The van der Waals surface area contributed by atoms with Crippen LogP contribution < -0.4 is 5.32 Å². The van der Waals surface area contributed by atoms with Crippen LogP contribution in [0.15, 0.2) is 53.7 Å². The molecule has 19 heavy (non-hydrogen) atoms. The lowest BCUT2D eigenvalue weighted by atomic mass is 10.2. The van der Waals surface area contributed by atoms with Crippen LogP contribution in [0.3, 0.4) is 0 Å². The molecule has 1 aromatic carbocycles. The number of carbonyl (C=O) groups excluding carboxylic acids is 1.